The molecule has 174 valence electrons. The zero-order valence-electron chi connectivity index (χ0n) is 19.5. The number of pyridine rings is 1. The first-order chi connectivity index (χ1) is 16.3. The van der Waals surface area contributed by atoms with Crippen LogP contribution >= 0.6 is 11.3 Å². The van der Waals surface area contributed by atoms with Gasteiger partial charge in [-0.25, -0.2) is 9.67 Å². The predicted octanol–water partition coefficient (Wildman–Crippen LogP) is 3.73. The summed E-state index contributed by atoms with van der Waals surface area (Å²) in [5, 5.41) is 7.68. The van der Waals surface area contributed by atoms with Crippen LogP contribution in [0.1, 0.15) is 37.9 Å². The highest BCUT2D eigenvalue weighted by Crippen LogP contribution is 2.28. The van der Waals surface area contributed by atoms with Crippen LogP contribution in [-0.4, -0.2) is 25.7 Å². The van der Waals surface area contributed by atoms with Gasteiger partial charge in [0.2, 0.25) is 0 Å². The number of rotatable bonds is 7. The van der Waals surface area contributed by atoms with Crippen LogP contribution in [0.5, 0.6) is 5.75 Å². The first-order valence-corrected chi connectivity index (χ1v) is 11.6. The maximum atomic E-state index is 12.9. The normalized spacial score (nSPS) is 10.8. The largest absolute Gasteiger partial charge is 0.487 e. The summed E-state index contributed by atoms with van der Waals surface area (Å²) < 4.78 is 7.12. The smallest absolute Gasteiger partial charge is 0.277 e. The van der Waals surface area contributed by atoms with Crippen LogP contribution in [-0.2, 0) is 20.2 Å². The summed E-state index contributed by atoms with van der Waals surface area (Å²) in [5.74, 6) is 0.467. The van der Waals surface area contributed by atoms with Gasteiger partial charge in [-0.2, -0.15) is 5.10 Å². The molecular weight excluding hydrogens is 450 g/mol. The first-order valence-electron chi connectivity index (χ1n) is 10.8. The molecular formula is C25H25N5O3S. The van der Waals surface area contributed by atoms with Gasteiger partial charge in [-0.15, -0.1) is 11.3 Å². The van der Waals surface area contributed by atoms with Crippen molar-refractivity contribution in [3.05, 3.63) is 92.1 Å². The van der Waals surface area contributed by atoms with Crippen molar-refractivity contribution in [2.75, 3.05) is 0 Å². The fourth-order valence-electron chi connectivity index (χ4n) is 3.46. The molecule has 0 fully saturated rings. The monoisotopic (exact) mass is 475 g/mol. The fourth-order valence-corrected chi connectivity index (χ4v) is 4.54. The van der Waals surface area contributed by atoms with Crippen molar-refractivity contribution in [2.45, 2.75) is 33.9 Å². The molecule has 4 rings (SSSR count). The van der Waals surface area contributed by atoms with Gasteiger partial charge in [0.25, 0.3) is 11.5 Å². The third kappa shape index (κ3) is 5.04. The molecule has 34 heavy (non-hydrogen) atoms. The minimum absolute atomic E-state index is 0.230. The molecule has 0 saturated carbocycles. The van der Waals surface area contributed by atoms with Crippen LogP contribution in [0, 0.1) is 20.8 Å². The molecule has 3 aromatic heterocycles. The number of amides is 1. The predicted molar refractivity (Wildman–Crippen MR) is 131 cm³/mol. The van der Waals surface area contributed by atoms with Crippen molar-refractivity contribution in [1.29, 1.82) is 0 Å². The van der Waals surface area contributed by atoms with Crippen molar-refractivity contribution >= 4 is 17.2 Å². The number of hydrogen-bond acceptors (Lipinski definition) is 7. The van der Waals surface area contributed by atoms with E-state index in [9.17, 15) is 9.59 Å². The molecule has 4 aromatic rings. The number of nitrogens with zero attached hydrogens (tertiary/aromatic N) is 4. The van der Waals surface area contributed by atoms with E-state index in [0.29, 0.717) is 40.0 Å². The molecule has 1 aromatic carbocycles. The Morgan fingerprint density at radius 1 is 1.12 bits per heavy atom. The number of thiazole rings is 1. The quantitative estimate of drug-likeness (QED) is 0.437. The van der Waals surface area contributed by atoms with Crippen molar-refractivity contribution in [3.63, 3.8) is 0 Å². The van der Waals surface area contributed by atoms with E-state index in [0.717, 1.165) is 22.5 Å². The molecule has 0 spiro atoms. The zero-order chi connectivity index (χ0) is 24.2. The average molecular weight is 476 g/mol. The van der Waals surface area contributed by atoms with E-state index >= 15 is 0 Å². The second kappa shape index (κ2) is 9.96. The molecule has 0 radical (unpaired) electrons. The van der Waals surface area contributed by atoms with Crippen molar-refractivity contribution in [1.82, 2.24) is 25.1 Å². The number of aromatic nitrogens is 4. The number of aryl methyl sites for hydroxylation is 3. The summed E-state index contributed by atoms with van der Waals surface area (Å²) >= 11 is 1.21. The third-order valence-electron chi connectivity index (χ3n) is 5.41. The average Bonchev–Trinajstić information content (AvgIpc) is 3.22. The van der Waals surface area contributed by atoms with E-state index in [-0.39, 0.29) is 11.5 Å². The lowest BCUT2D eigenvalue weighted by molar-refractivity contribution is 0.0954. The molecule has 0 unspecified atom stereocenters. The van der Waals surface area contributed by atoms with E-state index in [4.69, 9.17) is 4.74 Å². The molecule has 9 heteroatoms. The summed E-state index contributed by atoms with van der Waals surface area (Å²) in [6.45, 7) is 6.17. The molecule has 0 aliphatic carbocycles. The second-order valence-electron chi connectivity index (χ2n) is 7.89. The topological polar surface area (TPSA) is 99.0 Å². The lowest BCUT2D eigenvalue weighted by atomic mass is 10.1. The lowest BCUT2D eigenvalue weighted by Gasteiger charge is -2.09. The number of hydrogen-bond donors (Lipinski definition) is 1. The van der Waals surface area contributed by atoms with Crippen LogP contribution in [0.25, 0.3) is 10.6 Å². The Bertz CT molecular complexity index is 1400. The summed E-state index contributed by atoms with van der Waals surface area (Å²) in [5.41, 5.74) is 4.11. The molecule has 0 aliphatic rings. The number of carbonyl (C=O) groups excluding carboxylic acids is 1. The summed E-state index contributed by atoms with van der Waals surface area (Å²) in [4.78, 5) is 34.8. The highest BCUT2D eigenvalue weighted by Gasteiger charge is 2.21. The number of nitrogens with one attached hydrogen (secondary N) is 1. The maximum absolute atomic E-state index is 12.9. The lowest BCUT2D eigenvalue weighted by Crippen LogP contribution is -2.23. The minimum atomic E-state index is -0.235. The highest BCUT2D eigenvalue weighted by molar-refractivity contribution is 7.17. The Balaban J connectivity index is 1.46. The molecule has 8 nitrogen and oxygen atoms in total. The van der Waals surface area contributed by atoms with Crippen LogP contribution in [0.4, 0.5) is 0 Å². The van der Waals surface area contributed by atoms with Crippen LogP contribution in [0.15, 0.2) is 53.5 Å². The number of carbonyl (C=O) groups is 1. The molecule has 0 saturated heterocycles. The number of benzene rings is 1. The van der Waals surface area contributed by atoms with E-state index in [2.05, 4.69) is 20.4 Å². The van der Waals surface area contributed by atoms with E-state index < -0.39 is 0 Å². The van der Waals surface area contributed by atoms with Gasteiger partial charge in [0.15, 0.2) is 0 Å². The standard InChI is InChI=1S/C25H25N5O3S/c1-15-16(2)29-30(4)25(32)21(15)24-28-17(3)22(34-24)23(31)27-13-18-8-7-10-20(12-18)33-14-19-9-5-6-11-26-19/h5-12H,13-14H2,1-4H3,(H,27,31). The van der Waals surface area contributed by atoms with Gasteiger partial charge in [0.1, 0.15) is 22.2 Å². The van der Waals surface area contributed by atoms with Gasteiger partial charge in [-0.05, 0) is 56.2 Å². The Morgan fingerprint density at radius 2 is 1.94 bits per heavy atom. The molecule has 0 aliphatic heterocycles. The highest BCUT2D eigenvalue weighted by atomic mass is 32.1. The number of ether oxygens (including phenoxy) is 1. The van der Waals surface area contributed by atoms with E-state index in [1.165, 1.54) is 16.0 Å². The van der Waals surface area contributed by atoms with Crippen molar-refractivity contribution in [2.24, 2.45) is 7.05 Å². The Hall–Kier alpha value is -3.85. The molecule has 0 atom stereocenters. The second-order valence-corrected chi connectivity index (χ2v) is 8.89. The summed E-state index contributed by atoms with van der Waals surface area (Å²) in [6, 6.07) is 13.2. The first kappa shape index (κ1) is 23.3. The van der Waals surface area contributed by atoms with Gasteiger partial charge in [0.05, 0.1) is 22.6 Å². The van der Waals surface area contributed by atoms with Crippen molar-refractivity contribution < 1.29 is 9.53 Å². The van der Waals surface area contributed by atoms with Crippen LogP contribution in [0.2, 0.25) is 0 Å². The third-order valence-corrected chi connectivity index (χ3v) is 6.58. The molecule has 0 bridgehead atoms. The van der Waals surface area contributed by atoms with Gasteiger partial charge in [-0.1, -0.05) is 18.2 Å². The SMILES string of the molecule is Cc1nc(-c2c(C)c(C)nn(C)c2=O)sc1C(=O)NCc1cccc(OCc2ccccn2)c1. The van der Waals surface area contributed by atoms with Crippen LogP contribution in [0.3, 0.4) is 0 Å². The Labute approximate surface area is 201 Å². The molecule has 3 heterocycles. The zero-order valence-corrected chi connectivity index (χ0v) is 20.3. The molecule has 1 N–H and O–H groups in total. The van der Waals surface area contributed by atoms with Gasteiger partial charge >= 0.3 is 0 Å². The van der Waals surface area contributed by atoms with Crippen LogP contribution < -0.4 is 15.6 Å². The van der Waals surface area contributed by atoms with Crippen molar-refractivity contribution in [3.8, 4) is 16.3 Å². The Kier molecular flexibility index (Phi) is 6.83. The van der Waals surface area contributed by atoms with E-state index in [1.54, 1.807) is 20.2 Å². The summed E-state index contributed by atoms with van der Waals surface area (Å²) in [7, 11) is 1.61. The Morgan fingerprint density at radius 3 is 2.71 bits per heavy atom. The van der Waals surface area contributed by atoms with Gasteiger partial charge < -0.3 is 10.1 Å². The maximum Gasteiger partial charge on any atom is 0.277 e. The van der Waals surface area contributed by atoms with E-state index in [1.807, 2.05) is 56.3 Å². The molecule has 1 amide bonds. The summed E-state index contributed by atoms with van der Waals surface area (Å²) in [6.07, 6.45) is 1.73. The van der Waals surface area contributed by atoms with Gasteiger partial charge in [0, 0.05) is 19.8 Å². The fraction of sp³-hybridized carbons (Fsp3) is 0.240. The minimum Gasteiger partial charge on any atom is -0.487 e. The van der Waals surface area contributed by atoms with Gasteiger partial charge in [-0.3, -0.25) is 14.6 Å².